The fourth-order valence-corrected chi connectivity index (χ4v) is 3.48. The lowest BCUT2D eigenvalue weighted by Gasteiger charge is -2.13. The lowest BCUT2D eigenvalue weighted by molar-refractivity contribution is 0.298. The molecule has 4 aromatic rings. The molecule has 0 aliphatic carbocycles. The Morgan fingerprint density at radius 2 is 1.72 bits per heavy atom. The van der Waals surface area contributed by atoms with Gasteiger partial charge in [-0.05, 0) is 54.4 Å². The molecule has 0 amide bonds. The molecule has 1 aromatic heterocycles. The Hall–Kier alpha value is -3.53. The van der Waals surface area contributed by atoms with Gasteiger partial charge in [0.05, 0.1) is 24.7 Å². The molecule has 0 unspecified atom stereocenters. The van der Waals surface area contributed by atoms with Crippen molar-refractivity contribution >= 4 is 11.0 Å². The van der Waals surface area contributed by atoms with Gasteiger partial charge in [-0.2, -0.15) is 0 Å². The molecule has 0 aliphatic heterocycles. The first kappa shape index (κ1) is 18.8. The van der Waals surface area contributed by atoms with E-state index < -0.39 is 0 Å². The number of methoxy groups -OCH3 is 1. The Morgan fingerprint density at radius 1 is 0.966 bits per heavy atom. The first-order valence-electron chi connectivity index (χ1n) is 9.71. The van der Waals surface area contributed by atoms with E-state index in [1.807, 2.05) is 66.7 Å². The summed E-state index contributed by atoms with van der Waals surface area (Å²) in [6.45, 7) is 5.08. The molecule has 0 N–H and O–H groups in total. The molecule has 0 fully saturated rings. The van der Waals surface area contributed by atoms with E-state index >= 15 is 0 Å². The van der Waals surface area contributed by atoms with Crippen molar-refractivity contribution in [3.63, 3.8) is 0 Å². The average molecular weight is 384 g/mol. The Bertz CT molecular complexity index is 1110. The normalized spacial score (nSPS) is 10.8. The third-order valence-corrected chi connectivity index (χ3v) is 4.91. The van der Waals surface area contributed by atoms with Crippen LogP contribution in [0.2, 0.25) is 0 Å². The first-order valence-corrected chi connectivity index (χ1v) is 9.71. The van der Waals surface area contributed by atoms with Crippen molar-refractivity contribution in [3.05, 3.63) is 91.0 Å². The molecule has 4 heteroatoms. The maximum absolute atomic E-state index is 6.12. The molecular formula is C25H24N2O2. The highest BCUT2D eigenvalue weighted by atomic mass is 16.5. The third-order valence-electron chi connectivity index (χ3n) is 4.91. The van der Waals surface area contributed by atoms with Gasteiger partial charge < -0.3 is 14.0 Å². The fourth-order valence-electron chi connectivity index (χ4n) is 3.48. The molecule has 3 aromatic carbocycles. The van der Waals surface area contributed by atoms with E-state index in [1.165, 1.54) is 0 Å². The van der Waals surface area contributed by atoms with Gasteiger partial charge in [0.2, 0.25) is 0 Å². The summed E-state index contributed by atoms with van der Waals surface area (Å²) < 4.78 is 13.6. The Morgan fingerprint density at radius 3 is 2.52 bits per heavy atom. The summed E-state index contributed by atoms with van der Waals surface area (Å²) in [5.41, 5.74) is 4.27. The molecule has 0 saturated heterocycles. The van der Waals surface area contributed by atoms with Gasteiger partial charge in [0.1, 0.15) is 23.9 Å². The summed E-state index contributed by atoms with van der Waals surface area (Å²) in [5.74, 6) is 2.67. The van der Waals surface area contributed by atoms with Crippen molar-refractivity contribution in [2.75, 3.05) is 13.7 Å². The Kier molecular flexibility index (Phi) is 5.61. The van der Waals surface area contributed by atoms with Crippen LogP contribution < -0.4 is 9.47 Å². The van der Waals surface area contributed by atoms with Crippen LogP contribution in [-0.4, -0.2) is 23.3 Å². The van der Waals surface area contributed by atoms with Gasteiger partial charge in [-0.1, -0.05) is 36.4 Å². The zero-order chi connectivity index (χ0) is 20.1. The SMILES string of the molecule is C=CCc1ccccc1OCCn1c(-c2ccc(OC)cc2)nc2ccccc21. The summed E-state index contributed by atoms with van der Waals surface area (Å²) in [5, 5.41) is 0. The maximum atomic E-state index is 6.12. The highest BCUT2D eigenvalue weighted by Gasteiger charge is 2.13. The van der Waals surface area contributed by atoms with Crippen LogP contribution in [-0.2, 0) is 13.0 Å². The number of fused-ring (bicyclic) bond motifs is 1. The third kappa shape index (κ3) is 4.02. The second-order valence-corrected chi connectivity index (χ2v) is 6.75. The Balaban J connectivity index is 1.62. The van der Waals surface area contributed by atoms with Crippen molar-refractivity contribution in [1.82, 2.24) is 9.55 Å². The van der Waals surface area contributed by atoms with E-state index in [4.69, 9.17) is 14.5 Å². The molecule has 0 atom stereocenters. The minimum atomic E-state index is 0.553. The molecule has 1 heterocycles. The standard InChI is InChI=1S/C25H24N2O2/c1-3-8-19-9-4-7-12-24(19)29-18-17-27-23-11-6-5-10-22(23)26-25(27)20-13-15-21(28-2)16-14-20/h3-7,9-16H,1,8,17-18H2,2H3. The van der Waals surface area contributed by atoms with Gasteiger partial charge in [0.25, 0.3) is 0 Å². The summed E-state index contributed by atoms with van der Waals surface area (Å²) in [6.07, 6.45) is 2.69. The molecular weight excluding hydrogens is 360 g/mol. The second kappa shape index (κ2) is 8.65. The van der Waals surface area contributed by atoms with Gasteiger partial charge >= 0.3 is 0 Å². The maximum Gasteiger partial charge on any atom is 0.141 e. The van der Waals surface area contributed by atoms with E-state index in [1.54, 1.807) is 7.11 Å². The molecule has 0 bridgehead atoms. The number of para-hydroxylation sites is 3. The lowest BCUT2D eigenvalue weighted by atomic mass is 10.1. The van der Waals surface area contributed by atoms with Crippen LogP contribution in [0, 0.1) is 0 Å². The highest BCUT2D eigenvalue weighted by Crippen LogP contribution is 2.27. The minimum Gasteiger partial charge on any atom is -0.497 e. The van der Waals surface area contributed by atoms with Crippen LogP contribution in [0.15, 0.2) is 85.5 Å². The number of aromatic nitrogens is 2. The van der Waals surface area contributed by atoms with E-state index in [-0.39, 0.29) is 0 Å². The predicted molar refractivity (Wildman–Crippen MR) is 118 cm³/mol. The van der Waals surface area contributed by atoms with Gasteiger partial charge in [-0.25, -0.2) is 4.98 Å². The number of allylic oxidation sites excluding steroid dienone is 1. The number of rotatable bonds is 8. The number of nitrogens with zero attached hydrogens (tertiary/aromatic N) is 2. The van der Waals surface area contributed by atoms with Crippen molar-refractivity contribution in [2.45, 2.75) is 13.0 Å². The molecule has 0 spiro atoms. The number of ether oxygens (including phenoxy) is 2. The van der Waals surface area contributed by atoms with Gasteiger partial charge in [-0.3, -0.25) is 0 Å². The zero-order valence-electron chi connectivity index (χ0n) is 16.5. The quantitative estimate of drug-likeness (QED) is 0.375. The van der Waals surface area contributed by atoms with Crippen LogP contribution in [0.4, 0.5) is 0 Å². The number of hydrogen-bond acceptors (Lipinski definition) is 3. The molecule has 29 heavy (non-hydrogen) atoms. The van der Waals surface area contributed by atoms with E-state index in [0.29, 0.717) is 13.2 Å². The fraction of sp³-hybridized carbons (Fsp3) is 0.160. The van der Waals surface area contributed by atoms with Crippen LogP contribution in [0.25, 0.3) is 22.4 Å². The average Bonchev–Trinajstić information content (AvgIpc) is 3.14. The molecule has 0 radical (unpaired) electrons. The number of imidazole rings is 1. The summed E-state index contributed by atoms with van der Waals surface area (Å²) >= 11 is 0. The van der Waals surface area contributed by atoms with Crippen LogP contribution in [0.1, 0.15) is 5.56 Å². The van der Waals surface area contributed by atoms with E-state index in [2.05, 4.69) is 23.3 Å². The molecule has 0 saturated carbocycles. The molecule has 0 aliphatic rings. The summed E-state index contributed by atoms with van der Waals surface area (Å²) in [6, 6.07) is 24.3. The summed E-state index contributed by atoms with van der Waals surface area (Å²) in [4.78, 5) is 4.86. The van der Waals surface area contributed by atoms with Gasteiger partial charge in [0.15, 0.2) is 0 Å². The smallest absolute Gasteiger partial charge is 0.141 e. The van der Waals surface area contributed by atoms with Crippen molar-refractivity contribution < 1.29 is 9.47 Å². The minimum absolute atomic E-state index is 0.553. The second-order valence-electron chi connectivity index (χ2n) is 6.75. The van der Waals surface area contributed by atoms with Crippen LogP contribution in [0.3, 0.4) is 0 Å². The van der Waals surface area contributed by atoms with E-state index in [9.17, 15) is 0 Å². The largest absolute Gasteiger partial charge is 0.497 e. The van der Waals surface area contributed by atoms with Gasteiger partial charge in [0, 0.05) is 5.56 Å². The van der Waals surface area contributed by atoms with Crippen molar-refractivity contribution in [1.29, 1.82) is 0 Å². The zero-order valence-corrected chi connectivity index (χ0v) is 16.5. The molecule has 4 rings (SSSR count). The first-order chi connectivity index (χ1) is 14.3. The molecule has 146 valence electrons. The van der Waals surface area contributed by atoms with Crippen molar-refractivity contribution in [2.24, 2.45) is 0 Å². The predicted octanol–water partition coefficient (Wildman–Crippen LogP) is 5.52. The number of hydrogen-bond donors (Lipinski definition) is 0. The number of benzene rings is 3. The summed E-state index contributed by atoms with van der Waals surface area (Å²) in [7, 11) is 1.67. The van der Waals surface area contributed by atoms with Crippen molar-refractivity contribution in [3.8, 4) is 22.9 Å². The topological polar surface area (TPSA) is 36.3 Å². The van der Waals surface area contributed by atoms with Crippen LogP contribution >= 0.6 is 0 Å². The highest BCUT2D eigenvalue weighted by molar-refractivity contribution is 5.80. The van der Waals surface area contributed by atoms with Gasteiger partial charge in [-0.15, -0.1) is 6.58 Å². The Labute approximate surface area is 171 Å². The van der Waals surface area contributed by atoms with Crippen LogP contribution in [0.5, 0.6) is 11.5 Å². The monoisotopic (exact) mass is 384 g/mol. The van der Waals surface area contributed by atoms with E-state index in [0.717, 1.165) is 45.9 Å². The lowest BCUT2D eigenvalue weighted by Crippen LogP contribution is -2.10. The molecule has 4 nitrogen and oxygen atoms in total.